The predicted octanol–water partition coefficient (Wildman–Crippen LogP) is 10.8. The predicted molar refractivity (Wildman–Crippen MR) is 148 cm³/mol. The summed E-state index contributed by atoms with van der Waals surface area (Å²) in [5, 5.41) is 0. The van der Waals surface area contributed by atoms with Gasteiger partial charge in [-0.25, -0.2) is 8.78 Å². The van der Waals surface area contributed by atoms with Crippen LogP contribution in [-0.4, -0.2) is 0 Å². The molecule has 0 N–H and O–H groups in total. The fraction of sp³-hybridized carbons (Fsp3) is 0.562. The molecular formula is C32H50F2. The van der Waals surface area contributed by atoms with Gasteiger partial charge in [-0.05, 0) is 73.1 Å². The topological polar surface area (TPSA) is 0 Å². The van der Waals surface area contributed by atoms with Crippen LogP contribution in [0.4, 0.5) is 8.78 Å². The zero-order valence-electron chi connectivity index (χ0n) is 23.5. The first kappa shape index (κ1) is 32.0. The Balaban J connectivity index is 0.000000836. The Morgan fingerprint density at radius 2 is 1.53 bits per heavy atom. The van der Waals surface area contributed by atoms with E-state index in [-0.39, 0.29) is 5.92 Å². The second-order valence-corrected chi connectivity index (χ2v) is 10.3. The normalized spacial score (nSPS) is 11.6. The van der Waals surface area contributed by atoms with Gasteiger partial charge in [0.25, 0.3) is 0 Å². The summed E-state index contributed by atoms with van der Waals surface area (Å²) in [6.45, 7) is 23.2. The minimum absolute atomic E-state index is 0.262. The Morgan fingerprint density at radius 3 is 2.00 bits per heavy atom. The van der Waals surface area contributed by atoms with Crippen LogP contribution in [0, 0.1) is 24.0 Å². The first-order chi connectivity index (χ1) is 16.0. The van der Waals surface area contributed by atoms with Crippen LogP contribution in [0.2, 0.25) is 0 Å². The fourth-order valence-electron chi connectivity index (χ4n) is 3.89. The fourth-order valence-corrected chi connectivity index (χ4v) is 3.89. The van der Waals surface area contributed by atoms with Gasteiger partial charge < -0.3 is 0 Å². The number of hydrogen-bond acceptors (Lipinski definition) is 0. The summed E-state index contributed by atoms with van der Waals surface area (Å²) in [6, 6.07) is 11.3. The molecule has 0 nitrogen and oxygen atoms in total. The molecule has 0 spiro atoms. The zero-order valence-corrected chi connectivity index (χ0v) is 23.5. The van der Waals surface area contributed by atoms with Gasteiger partial charge in [-0.3, -0.25) is 0 Å². The zero-order chi connectivity index (χ0) is 26.3. The minimum Gasteiger partial charge on any atom is -0.204 e. The summed E-state index contributed by atoms with van der Waals surface area (Å²) < 4.78 is 28.0. The SMILES string of the molecule is C=C(CC)CC(C)(C)C.CC.CCCCC(C)c1ccc(F)c(F)c1CCc1ccc(C)cc1. The van der Waals surface area contributed by atoms with Gasteiger partial charge in [0, 0.05) is 0 Å². The van der Waals surface area contributed by atoms with Crippen LogP contribution in [0.3, 0.4) is 0 Å². The molecule has 0 radical (unpaired) electrons. The van der Waals surface area contributed by atoms with Gasteiger partial charge in [-0.2, -0.15) is 0 Å². The third kappa shape index (κ3) is 12.5. The lowest BCUT2D eigenvalue weighted by Crippen LogP contribution is -2.06. The summed E-state index contributed by atoms with van der Waals surface area (Å²) in [4.78, 5) is 0. The average molecular weight is 473 g/mol. The lowest BCUT2D eigenvalue weighted by Gasteiger charge is -2.18. The number of aryl methyl sites for hydroxylation is 2. The van der Waals surface area contributed by atoms with Crippen molar-refractivity contribution in [1.82, 2.24) is 0 Å². The van der Waals surface area contributed by atoms with Crippen molar-refractivity contribution in [2.45, 2.75) is 113 Å². The van der Waals surface area contributed by atoms with Crippen LogP contribution >= 0.6 is 0 Å². The van der Waals surface area contributed by atoms with Crippen LogP contribution in [0.1, 0.15) is 116 Å². The molecule has 0 amide bonds. The maximum absolute atomic E-state index is 14.3. The van der Waals surface area contributed by atoms with Gasteiger partial charge in [0.2, 0.25) is 0 Å². The molecule has 0 aliphatic carbocycles. The van der Waals surface area contributed by atoms with E-state index in [0.29, 0.717) is 17.4 Å². The molecule has 0 fully saturated rings. The molecule has 0 aliphatic rings. The Bertz CT molecular complexity index is 825. The first-order valence-corrected chi connectivity index (χ1v) is 13.2. The Morgan fingerprint density at radius 1 is 0.941 bits per heavy atom. The van der Waals surface area contributed by atoms with Gasteiger partial charge in [0.15, 0.2) is 11.6 Å². The van der Waals surface area contributed by atoms with E-state index in [0.717, 1.165) is 49.7 Å². The van der Waals surface area contributed by atoms with Crippen molar-refractivity contribution in [2.75, 3.05) is 0 Å². The van der Waals surface area contributed by atoms with E-state index in [9.17, 15) is 8.78 Å². The number of rotatable bonds is 9. The smallest absolute Gasteiger partial charge is 0.162 e. The van der Waals surface area contributed by atoms with Gasteiger partial charge in [0.1, 0.15) is 0 Å². The van der Waals surface area contributed by atoms with Gasteiger partial charge in [-0.15, -0.1) is 0 Å². The summed E-state index contributed by atoms with van der Waals surface area (Å²) in [5.41, 5.74) is 5.67. The number of halogens is 2. The molecule has 2 aromatic carbocycles. The number of benzene rings is 2. The van der Waals surface area contributed by atoms with Crippen LogP contribution in [0.15, 0.2) is 48.6 Å². The minimum atomic E-state index is -0.740. The van der Waals surface area contributed by atoms with Gasteiger partial charge in [0.05, 0.1) is 0 Å². The van der Waals surface area contributed by atoms with Crippen LogP contribution in [0.25, 0.3) is 0 Å². The van der Waals surface area contributed by atoms with Crippen molar-refractivity contribution in [3.8, 4) is 0 Å². The van der Waals surface area contributed by atoms with E-state index in [1.807, 2.05) is 20.8 Å². The highest BCUT2D eigenvalue weighted by Gasteiger charge is 2.17. The second-order valence-electron chi connectivity index (χ2n) is 10.3. The van der Waals surface area contributed by atoms with E-state index in [1.165, 1.54) is 17.2 Å². The molecule has 2 aromatic rings. The highest BCUT2D eigenvalue weighted by molar-refractivity contribution is 5.33. The van der Waals surface area contributed by atoms with Crippen molar-refractivity contribution in [1.29, 1.82) is 0 Å². The lowest BCUT2D eigenvalue weighted by atomic mass is 9.88. The largest absolute Gasteiger partial charge is 0.204 e. The molecule has 1 atom stereocenters. The Labute approximate surface area is 209 Å². The summed E-state index contributed by atoms with van der Waals surface area (Å²) in [7, 11) is 0. The third-order valence-electron chi connectivity index (χ3n) is 5.82. The Kier molecular flexibility index (Phi) is 15.7. The molecule has 1 unspecified atom stereocenters. The summed E-state index contributed by atoms with van der Waals surface area (Å²) in [6.07, 6.45) is 6.79. The maximum Gasteiger partial charge on any atom is 0.162 e. The third-order valence-corrected chi connectivity index (χ3v) is 5.82. The molecule has 192 valence electrons. The molecule has 34 heavy (non-hydrogen) atoms. The van der Waals surface area contributed by atoms with E-state index < -0.39 is 11.6 Å². The molecule has 2 heteroatoms. The molecular weight excluding hydrogens is 422 g/mol. The van der Waals surface area contributed by atoms with E-state index in [1.54, 1.807) is 6.07 Å². The first-order valence-electron chi connectivity index (χ1n) is 13.2. The second kappa shape index (κ2) is 16.6. The molecule has 0 heterocycles. The molecule has 2 rings (SSSR count). The summed E-state index contributed by atoms with van der Waals surface area (Å²) in [5.74, 6) is -1.15. The molecule has 0 saturated heterocycles. The molecule has 0 aromatic heterocycles. The van der Waals surface area contributed by atoms with Crippen molar-refractivity contribution >= 4 is 0 Å². The monoisotopic (exact) mass is 472 g/mol. The number of allylic oxidation sites excluding steroid dienone is 1. The van der Waals surface area contributed by atoms with Crippen LogP contribution in [-0.2, 0) is 12.8 Å². The van der Waals surface area contributed by atoms with E-state index in [2.05, 4.69) is 72.4 Å². The summed E-state index contributed by atoms with van der Waals surface area (Å²) >= 11 is 0. The van der Waals surface area contributed by atoms with E-state index in [4.69, 9.17) is 0 Å². The van der Waals surface area contributed by atoms with Gasteiger partial charge in [-0.1, -0.05) is 116 Å². The highest BCUT2D eigenvalue weighted by Crippen LogP contribution is 2.29. The van der Waals surface area contributed by atoms with Crippen molar-refractivity contribution in [3.05, 3.63) is 82.4 Å². The van der Waals surface area contributed by atoms with Crippen LogP contribution < -0.4 is 0 Å². The lowest BCUT2D eigenvalue weighted by molar-refractivity contribution is 0.406. The van der Waals surface area contributed by atoms with Crippen LogP contribution in [0.5, 0.6) is 0 Å². The average Bonchev–Trinajstić information content (AvgIpc) is 2.80. The molecule has 0 bridgehead atoms. The maximum atomic E-state index is 14.3. The van der Waals surface area contributed by atoms with E-state index >= 15 is 0 Å². The van der Waals surface area contributed by atoms with Gasteiger partial charge >= 0.3 is 0 Å². The quantitative estimate of drug-likeness (QED) is 0.318. The highest BCUT2D eigenvalue weighted by atomic mass is 19.2. The van der Waals surface area contributed by atoms with Crippen molar-refractivity contribution in [3.63, 3.8) is 0 Å². The van der Waals surface area contributed by atoms with Crippen molar-refractivity contribution in [2.24, 2.45) is 5.41 Å². The van der Waals surface area contributed by atoms with Crippen molar-refractivity contribution < 1.29 is 8.78 Å². The number of hydrogen-bond donors (Lipinski definition) is 0. The molecule has 0 saturated carbocycles. The standard InChI is InChI=1S/C21H26F2.C9H18.C2H6/c1-4-5-6-16(3)18-13-14-20(22)21(23)19(18)12-11-17-9-7-15(2)8-10-17;1-6-8(2)7-9(3,4)5;1-2/h7-10,13-14,16H,4-6,11-12H2,1-3H3;2,6-7H2,1,3-5H3;1-2H3. The number of unbranched alkanes of at least 4 members (excludes halogenated alkanes) is 1. The molecule has 0 aliphatic heterocycles. The Hall–Kier alpha value is -1.96.